The van der Waals surface area contributed by atoms with Crippen molar-refractivity contribution in [1.82, 2.24) is 9.88 Å². The molecule has 0 saturated heterocycles. The van der Waals surface area contributed by atoms with E-state index in [0.717, 1.165) is 0 Å². The van der Waals surface area contributed by atoms with Gasteiger partial charge in [0.25, 0.3) is 5.69 Å². The van der Waals surface area contributed by atoms with Crippen molar-refractivity contribution in [3.05, 3.63) is 50.5 Å². The molecule has 0 aliphatic carbocycles. The molecule has 2 aromatic rings. The van der Waals surface area contributed by atoms with Gasteiger partial charge >= 0.3 is 0 Å². The van der Waals surface area contributed by atoms with Gasteiger partial charge in [-0.15, -0.1) is 11.3 Å². The van der Waals surface area contributed by atoms with Gasteiger partial charge in [-0.25, -0.2) is 0 Å². The Bertz CT molecular complexity index is 577. The molecule has 0 aromatic carbocycles. The van der Waals surface area contributed by atoms with Crippen molar-refractivity contribution in [3.63, 3.8) is 0 Å². The lowest BCUT2D eigenvalue weighted by atomic mass is 10.2. The molecular formula is C12H13N3O3S. The second-order valence-electron chi connectivity index (χ2n) is 4.20. The molecule has 0 radical (unpaired) electrons. The zero-order valence-corrected chi connectivity index (χ0v) is 11.1. The number of hydrogen-bond donors (Lipinski definition) is 1. The van der Waals surface area contributed by atoms with Crippen LogP contribution in [0.15, 0.2) is 29.8 Å². The largest absolute Gasteiger partial charge is 0.353 e. The van der Waals surface area contributed by atoms with Crippen molar-refractivity contribution < 1.29 is 9.72 Å². The minimum Gasteiger partial charge on any atom is -0.353 e. The molecular weight excluding hydrogens is 266 g/mol. The second-order valence-corrected chi connectivity index (χ2v) is 5.24. The summed E-state index contributed by atoms with van der Waals surface area (Å²) in [6.07, 6.45) is 1.23. The lowest BCUT2D eigenvalue weighted by molar-refractivity contribution is -0.384. The Hall–Kier alpha value is -1.99. The Kier molecular flexibility index (Phi) is 4.08. The third kappa shape index (κ3) is 3.49. The van der Waals surface area contributed by atoms with Crippen molar-refractivity contribution in [2.24, 2.45) is 0 Å². The van der Waals surface area contributed by atoms with Gasteiger partial charge in [-0.1, -0.05) is 6.07 Å². The molecule has 0 atom stereocenters. The number of nitro groups is 1. The summed E-state index contributed by atoms with van der Waals surface area (Å²) in [6.45, 7) is 0.905. The maximum atomic E-state index is 11.9. The number of hydrogen-bond acceptors (Lipinski definition) is 5. The minimum absolute atomic E-state index is 0.0933. The van der Waals surface area contributed by atoms with Crippen molar-refractivity contribution in [2.45, 2.75) is 6.54 Å². The van der Waals surface area contributed by atoms with Gasteiger partial charge in [-0.3, -0.25) is 19.8 Å². The molecule has 1 N–H and O–H groups in total. The van der Waals surface area contributed by atoms with Crippen molar-refractivity contribution >= 4 is 22.8 Å². The van der Waals surface area contributed by atoms with Crippen LogP contribution in [0.3, 0.4) is 0 Å². The number of aromatic nitrogens is 1. The normalized spacial score (nSPS) is 10.8. The Morgan fingerprint density at radius 3 is 2.95 bits per heavy atom. The third-order valence-corrected chi connectivity index (χ3v) is 3.46. The highest BCUT2D eigenvalue weighted by molar-refractivity contribution is 7.09. The fraction of sp³-hybridized carbons (Fsp3) is 0.250. The first-order valence-electron chi connectivity index (χ1n) is 5.63. The van der Waals surface area contributed by atoms with Gasteiger partial charge in [0.15, 0.2) is 5.78 Å². The number of aromatic amines is 1. The molecule has 0 amide bonds. The maximum Gasteiger partial charge on any atom is 0.287 e. The van der Waals surface area contributed by atoms with E-state index >= 15 is 0 Å². The lowest BCUT2D eigenvalue weighted by Crippen LogP contribution is -2.25. The van der Waals surface area contributed by atoms with Crippen LogP contribution in [0.4, 0.5) is 5.69 Å². The quantitative estimate of drug-likeness (QED) is 0.500. The molecule has 2 aromatic heterocycles. The number of thiophene rings is 1. The van der Waals surface area contributed by atoms with Gasteiger partial charge in [0, 0.05) is 17.5 Å². The third-order valence-electron chi connectivity index (χ3n) is 2.60. The predicted octanol–water partition coefficient (Wildman–Crippen LogP) is 2.30. The lowest BCUT2D eigenvalue weighted by Gasteiger charge is -2.13. The minimum atomic E-state index is -0.525. The summed E-state index contributed by atoms with van der Waals surface area (Å²) < 4.78 is 0. The van der Waals surface area contributed by atoms with Gasteiger partial charge in [-0.05, 0) is 18.5 Å². The Labute approximate surface area is 113 Å². The maximum absolute atomic E-state index is 11.9. The highest BCUT2D eigenvalue weighted by Crippen LogP contribution is 2.14. The van der Waals surface area contributed by atoms with E-state index in [1.54, 1.807) is 11.3 Å². The number of nitrogens with zero attached hydrogens (tertiary/aromatic N) is 2. The van der Waals surface area contributed by atoms with Crippen LogP contribution in [0.25, 0.3) is 0 Å². The average molecular weight is 279 g/mol. The summed E-state index contributed by atoms with van der Waals surface area (Å²) in [7, 11) is 1.84. The van der Waals surface area contributed by atoms with Gasteiger partial charge < -0.3 is 4.98 Å². The molecule has 7 heteroatoms. The Morgan fingerprint density at radius 2 is 2.37 bits per heavy atom. The van der Waals surface area contributed by atoms with E-state index in [-0.39, 0.29) is 23.7 Å². The first kappa shape index (κ1) is 13.4. The number of H-pyrrole nitrogens is 1. The van der Waals surface area contributed by atoms with E-state index in [0.29, 0.717) is 6.54 Å². The second kappa shape index (κ2) is 5.77. The Balaban J connectivity index is 1.94. The fourth-order valence-corrected chi connectivity index (χ4v) is 2.49. The smallest absolute Gasteiger partial charge is 0.287 e. The molecule has 0 aliphatic rings. The van der Waals surface area contributed by atoms with E-state index in [4.69, 9.17) is 0 Å². The zero-order chi connectivity index (χ0) is 13.8. The zero-order valence-electron chi connectivity index (χ0n) is 10.3. The highest BCUT2D eigenvalue weighted by Gasteiger charge is 2.16. The molecule has 100 valence electrons. The first-order valence-corrected chi connectivity index (χ1v) is 6.51. The van der Waals surface area contributed by atoms with Crippen LogP contribution in [-0.4, -0.2) is 34.2 Å². The van der Waals surface area contributed by atoms with E-state index in [1.807, 2.05) is 29.5 Å². The molecule has 0 spiro atoms. The number of rotatable bonds is 6. The monoisotopic (exact) mass is 279 g/mol. The van der Waals surface area contributed by atoms with E-state index < -0.39 is 4.92 Å². The fourth-order valence-electron chi connectivity index (χ4n) is 1.70. The van der Waals surface area contributed by atoms with Crippen LogP contribution in [0.2, 0.25) is 0 Å². The molecule has 0 aliphatic heterocycles. The number of nitrogens with one attached hydrogen (secondary N) is 1. The molecule has 0 fully saturated rings. The summed E-state index contributed by atoms with van der Waals surface area (Å²) in [4.78, 5) is 27.6. The number of Topliss-reactive ketones (excluding diaryl/α,β-unsaturated/α-hetero) is 1. The molecule has 0 bridgehead atoms. The van der Waals surface area contributed by atoms with E-state index in [9.17, 15) is 14.9 Å². The van der Waals surface area contributed by atoms with Gasteiger partial charge in [-0.2, -0.15) is 0 Å². The van der Waals surface area contributed by atoms with Crippen LogP contribution in [-0.2, 0) is 6.54 Å². The first-order chi connectivity index (χ1) is 9.06. The van der Waals surface area contributed by atoms with Crippen molar-refractivity contribution in [3.8, 4) is 0 Å². The summed E-state index contributed by atoms with van der Waals surface area (Å²) >= 11 is 1.63. The number of likely N-dealkylation sites (N-methyl/N-ethyl adjacent to an activating group) is 1. The molecule has 19 heavy (non-hydrogen) atoms. The van der Waals surface area contributed by atoms with Gasteiger partial charge in [0.1, 0.15) is 0 Å². The van der Waals surface area contributed by atoms with Crippen LogP contribution in [0, 0.1) is 10.1 Å². The Morgan fingerprint density at radius 1 is 1.58 bits per heavy atom. The number of ketones is 1. The van der Waals surface area contributed by atoms with Crippen LogP contribution >= 0.6 is 11.3 Å². The van der Waals surface area contributed by atoms with Crippen LogP contribution in [0.5, 0.6) is 0 Å². The predicted molar refractivity (Wildman–Crippen MR) is 72.4 cm³/mol. The summed E-state index contributed by atoms with van der Waals surface area (Å²) in [5.41, 5.74) is 0.175. The SMILES string of the molecule is CN(CC(=O)c1cc([N+](=O)[O-])c[nH]1)Cc1cccs1. The van der Waals surface area contributed by atoms with E-state index in [2.05, 4.69) is 4.98 Å². The average Bonchev–Trinajstić information content (AvgIpc) is 2.98. The standard InChI is InChI=1S/C12H13N3O3S/c1-14(7-10-3-2-4-19-10)8-12(16)11-5-9(6-13-11)15(17)18/h2-6,13H,7-8H2,1H3. The van der Waals surface area contributed by atoms with Crippen molar-refractivity contribution in [2.75, 3.05) is 13.6 Å². The van der Waals surface area contributed by atoms with E-state index in [1.165, 1.54) is 17.1 Å². The number of carbonyl (C=O) groups is 1. The summed E-state index contributed by atoms with van der Waals surface area (Å²) in [5, 5.41) is 12.5. The number of carbonyl (C=O) groups excluding carboxylic acids is 1. The van der Waals surface area contributed by atoms with Gasteiger partial charge in [0.2, 0.25) is 0 Å². The summed E-state index contributed by atoms with van der Waals surface area (Å²) in [6, 6.07) is 5.23. The van der Waals surface area contributed by atoms with Crippen LogP contribution < -0.4 is 0 Å². The highest BCUT2D eigenvalue weighted by atomic mass is 32.1. The molecule has 2 heterocycles. The molecule has 6 nitrogen and oxygen atoms in total. The van der Waals surface area contributed by atoms with Crippen molar-refractivity contribution in [1.29, 1.82) is 0 Å². The summed E-state index contributed by atoms with van der Waals surface area (Å²) in [5.74, 6) is -0.160. The molecule has 0 unspecified atom stereocenters. The van der Waals surface area contributed by atoms with Gasteiger partial charge in [0.05, 0.1) is 23.4 Å². The topological polar surface area (TPSA) is 79.2 Å². The molecule has 2 rings (SSSR count). The van der Waals surface area contributed by atoms with Crippen LogP contribution in [0.1, 0.15) is 15.4 Å². The molecule has 0 saturated carbocycles.